The van der Waals surface area contributed by atoms with Gasteiger partial charge >= 0.3 is 0 Å². The standard InChI is InChI=1S/C18H26N4/c1-14-6-9-22(10-7-14)11-8-18(19)16-4-2-15(3-5-16)17-12-20-21-13-17/h2-5,12-14,18H,6-11,19H2,1H3,(H,20,21)/t18-/m1/s1. The van der Waals surface area contributed by atoms with E-state index >= 15 is 0 Å². The number of nitrogens with zero attached hydrogens (tertiary/aromatic N) is 2. The maximum Gasteiger partial charge on any atom is 0.0565 e. The fraction of sp³-hybridized carbons (Fsp3) is 0.500. The van der Waals surface area contributed by atoms with Crippen LogP contribution in [0.25, 0.3) is 11.1 Å². The van der Waals surface area contributed by atoms with Gasteiger partial charge in [0.2, 0.25) is 0 Å². The SMILES string of the molecule is CC1CCN(CC[C@@H](N)c2ccc(-c3cn[nH]c3)cc2)CC1. The number of nitrogens with one attached hydrogen (secondary N) is 1. The highest BCUT2D eigenvalue weighted by molar-refractivity contribution is 5.61. The molecular formula is C18H26N4. The Kier molecular flexibility index (Phi) is 4.90. The van der Waals surface area contributed by atoms with Gasteiger partial charge in [-0.25, -0.2) is 0 Å². The minimum absolute atomic E-state index is 0.123. The molecule has 0 unspecified atom stereocenters. The fourth-order valence-electron chi connectivity index (χ4n) is 3.11. The van der Waals surface area contributed by atoms with E-state index in [0.717, 1.165) is 24.4 Å². The average molecular weight is 298 g/mol. The normalized spacial score (nSPS) is 18.5. The second kappa shape index (κ2) is 7.07. The molecule has 0 bridgehead atoms. The zero-order chi connectivity index (χ0) is 15.4. The summed E-state index contributed by atoms with van der Waals surface area (Å²) in [4.78, 5) is 2.56. The largest absolute Gasteiger partial charge is 0.324 e. The van der Waals surface area contributed by atoms with Crippen LogP contribution in [0.5, 0.6) is 0 Å². The molecule has 1 fully saturated rings. The van der Waals surface area contributed by atoms with Gasteiger partial charge in [0.1, 0.15) is 0 Å². The molecule has 0 radical (unpaired) electrons. The molecule has 1 aliphatic heterocycles. The summed E-state index contributed by atoms with van der Waals surface area (Å²) in [5.74, 6) is 0.889. The summed E-state index contributed by atoms with van der Waals surface area (Å²) >= 11 is 0. The van der Waals surface area contributed by atoms with Crippen LogP contribution in [0.15, 0.2) is 36.7 Å². The maximum atomic E-state index is 6.36. The van der Waals surface area contributed by atoms with Crippen molar-refractivity contribution in [2.75, 3.05) is 19.6 Å². The van der Waals surface area contributed by atoms with Gasteiger partial charge in [-0.2, -0.15) is 5.10 Å². The minimum Gasteiger partial charge on any atom is -0.324 e. The van der Waals surface area contributed by atoms with Crippen molar-refractivity contribution in [1.82, 2.24) is 15.1 Å². The van der Waals surface area contributed by atoms with Gasteiger partial charge in [0.25, 0.3) is 0 Å². The first-order valence-electron chi connectivity index (χ1n) is 8.29. The predicted molar refractivity (Wildman–Crippen MR) is 90.4 cm³/mol. The third-order valence-corrected chi connectivity index (χ3v) is 4.80. The van der Waals surface area contributed by atoms with Gasteiger partial charge in [-0.3, -0.25) is 5.10 Å². The van der Waals surface area contributed by atoms with Crippen molar-refractivity contribution < 1.29 is 0 Å². The van der Waals surface area contributed by atoms with Crippen molar-refractivity contribution in [3.05, 3.63) is 42.2 Å². The molecule has 22 heavy (non-hydrogen) atoms. The molecule has 1 aromatic carbocycles. The molecular weight excluding hydrogens is 272 g/mol. The van der Waals surface area contributed by atoms with Crippen LogP contribution in [0, 0.1) is 5.92 Å². The molecule has 4 nitrogen and oxygen atoms in total. The molecule has 118 valence electrons. The summed E-state index contributed by atoms with van der Waals surface area (Å²) in [7, 11) is 0. The lowest BCUT2D eigenvalue weighted by Gasteiger charge is -2.30. The van der Waals surface area contributed by atoms with E-state index in [0.29, 0.717) is 0 Å². The molecule has 2 aromatic rings. The Balaban J connectivity index is 1.53. The van der Waals surface area contributed by atoms with Gasteiger partial charge in [0, 0.05) is 17.8 Å². The number of rotatable bonds is 5. The molecule has 3 rings (SSSR count). The Hall–Kier alpha value is -1.65. The van der Waals surface area contributed by atoms with Crippen molar-refractivity contribution in [1.29, 1.82) is 0 Å². The van der Waals surface area contributed by atoms with Crippen molar-refractivity contribution in [3.63, 3.8) is 0 Å². The molecule has 3 N–H and O–H groups in total. The first kappa shape index (κ1) is 15.3. The van der Waals surface area contributed by atoms with Gasteiger partial charge in [0.15, 0.2) is 0 Å². The first-order valence-corrected chi connectivity index (χ1v) is 8.29. The van der Waals surface area contributed by atoms with Crippen LogP contribution >= 0.6 is 0 Å². The van der Waals surface area contributed by atoms with Gasteiger partial charge in [-0.1, -0.05) is 31.2 Å². The van der Waals surface area contributed by atoms with E-state index in [4.69, 9.17) is 5.73 Å². The number of piperidine rings is 1. The number of hydrogen-bond acceptors (Lipinski definition) is 3. The number of H-pyrrole nitrogens is 1. The van der Waals surface area contributed by atoms with E-state index in [9.17, 15) is 0 Å². The van der Waals surface area contributed by atoms with Gasteiger partial charge in [0.05, 0.1) is 6.20 Å². The molecule has 0 saturated carbocycles. The van der Waals surface area contributed by atoms with Crippen LogP contribution in [-0.4, -0.2) is 34.7 Å². The topological polar surface area (TPSA) is 57.9 Å². The van der Waals surface area contributed by atoms with E-state index < -0.39 is 0 Å². The molecule has 1 aliphatic rings. The summed E-state index contributed by atoms with van der Waals surface area (Å²) in [6.45, 7) is 5.92. The van der Waals surface area contributed by atoms with E-state index in [1.807, 2.05) is 12.4 Å². The molecule has 1 aromatic heterocycles. The summed E-state index contributed by atoms with van der Waals surface area (Å²) < 4.78 is 0. The fourth-order valence-corrected chi connectivity index (χ4v) is 3.11. The van der Waals surface area contributed by atoms with Crippen LogP contribution in [-0.2, 0) is 0 Å². The number of aromatic amines is 1. The number of nitrogens with two attached hydrogens (primary N) is 1. The lowest BCUT2D eigenvalue weighted by Crippen LogP contribution is -2.34. The number of aromatic nitrogens is 2. The van der Waals surface area contributed by atoms with E-state index in [1.165, 1.54) is 37.1 Å². The monoisotopic (exact) mass is 298 g/mol. The zero-order valence-corrected chi connectivity index (χ0v) is 13.3. The molecule has 0 amide bonds. The van der Waals surface area contributed by atoms with E-state index in [1.54, 1.807) is 0 Å². The highest BCUT2D eigenvalue weighted by atomic mass is 15.1. The van der Waals surface area contributed by atoms with Crippen molar-refractivity contribution in [3.8, 4) is 11.1 Å². The summed E-state index contributed by atoms with van der Waals surface area (Å²) in [5, 5.41) is 6.83. The van der Waals surface area contributed by atoms with E-state index in [2.05, 4.69) is 46.3 Å². The zero-order valence-electron chi connectivity index (χ0n) is 13.3. The average Bonchev–Trinajstić information content (AvgIpc) is 3.09. The van der Waals surface area contributed by atoms with Crippen LogP contribution < -0.4 is 5.73 Å². The first-order chi connectivity index (χ1) is 10.7. The van der Waals surface area contributed by atoms with Gasteiger partial charge in [-0.05, 0) is 55.9 Å². The van der Waals surface area contributed by atoms with Crippen molar-refractivity contribution in [2.24, 2.45) is 11.7 Å². The Bertz CT molecular complexity index is 553. The maximum absolute atomic E-state index is 6.36. The number of benzene rings is 1. The van der Waals surface area contributed by atoms with Crippen molar-refractivity contribution in [2.45, 2.75) is 32.2 Å². The smallest absolute Gasteiger partial charge is 0.0565 e. The molecule has 4 heteroatoms. The Morgan fingerprint density at radius 2 is 1.95 bits per heavy atom. The second-order valence-corrected chi connectivity index (χ2v) is 6.53. The van der Waals surface area contributed by atoms with Crippen LogP contribution in [0.2, 0.25) is 0 Å². The molecule has 0 spiro atoms. The Morgan fingerprint density at radius 1 is 1.23 bits per heavy atom. The third-order valence-electron chi connectivity index (χ3n) is 4.80. The molecule has 1 atom stereocenters. The van der Waals surface area contributed by atoms with Crippen LogP contribution in [0.4, 0.5) is 0 Å². The third kappa shape index (κ3) is 3.76. The number of likely N-dealkylation sites (tertiary alicyclic amines) is 1. The summed E-state index contributed by atoms with van der Waals surface area (Å²) in [6, 6.07) is 8.67. The second-order valence-electron chi connectivity index (χ2n) is 6.53. The van der Waals surface area contributed by atoms with Crippen molar-refractivity contribution >= 4 is 0 Å². The minimum atomic E-state index is 0.123. The van der Waals surface area contributed by atoms with Gasteiger partial charge < -0.3 is 10.6 Å². The van der Waals surface area contributed by atoms with E-state index in [-0.39, 0.29) is 6.04 Å². The van der Waals surface area contributed by atoms with Crippen LogP contribution in [0.3, 0.4) is 0 Å². The molecule has 0 aliphatic carbocycles. The quantitative estimate of drug-likeness (QED) is 0.891. The van der Waals surface area contributed by atoms with Gasteiger partial charge in [-0.15, -0.1) is 0 Å². The lowest BCUT2D eigenvalue weighted by molar-refractivity contribution is 0.187. The summed E-state index contributed by atoms with van der Waals surface area (Å²) in [6.07, 6.45) is 7.43. The molecule has 2 heterocycles. The molecule has 1 saturated heterocycles. The predicted octanol–water partition coefficient (Wildman–Crippen LogP) is 3.20. The Labute approximate surface area is 132 Å². The lowest BCUT2D eigenvalue weighted by atomic mass is 9.98. The number of hydrogen-bond donors (Lipinski definition) is 2. The Morgan fingerprint density at radius 3 is 2.59 bits per heavy atom. The summed E-state index contributed by atoms with van der Waals surface area (Å²) in [5.41, 5.74) is 9.87. The highest BCUT2D eigenvalue weighted by Gasteiger charge is 2.16. The van der Waals surface area contributed by atoms with Crippen LogP contribution in [0.1, 0.15) is 37.8 Å². The highest BCUT2D eigenvalue weighted by Crippen LogP contribution is 2.22.